The molecule has 0 aliphatic heterocycles. The Bertz CT molecular complexity index is 333. The molecule has 1 amide bonds. The third kappa shape index (κ3) is 6.16. The molecule has 0 spiro atoms. The summed E-state index contributed by atoms with van der Waals surface area (Å²) in [7, 11) is 0. The van der Waals surface area contributed by atoms with E-state index >= 15 is 0 Å². The highest BCUT2D eigenvalue weighted by molar-refractivity contribution is 7.98. The first-order valence-electron chi connectivity index (χ1n) is 7.35. The van der Waals surface area contributed by atoms with Crippen molar-refractivity contribution in [1.82, 2.24) is 5.32 Å². The Hall–Kier alpha value is -0.710. The van der Waals surface area contributed by atoms with E-state index in [4.69, 9.17) is 4.74 Å². The van der Waals surface area contributed by atoms with Crippen LogP contribution in [-0.2, 0) is 14.3 Å². The van der Waals surface area contributed by atoms with Crippen molar-refractivity contribution < 1.29 is 14.3 Å². The van der Waals surface area contributed by atoms with Crippen molar-refractivity contribution in [1.29, 1.82) is 0 Å². The summed E-state index contributed by atoms with van der Waals surface area (Å²) in [6.45, 7) is 5.51. The number of ether oxygens (including phenoxy) is 1. The highest BCUT2D eigenvalue weighted by atomic mass is 32.2. The van der Waals surface area contributed by atoms with Crippen LogP contribution >= 0.6 is 11.8 Å². The quantitative estimate of drug-likeness (QED) is 0.793. The van der Waals surface area contributed by atoms with Crippen molar-refractivity contribution in [2.24, 2.45) is 5.92 Å². The van der Waals surface area contributed by atoms with Crippen LogP contribution in [0.4, 0.5) is 0 Å². The fourth-order valence-electron chi connectivity index (χ4n) is 2.36. The molecule has 0 aromatic heterocycles. The summed E-state index contributed by atoms with van der Waals surface area (Å²) in [5.41, 5.74) is -0.524. The lowest BCUT2D eigenvalue weighted by molar-refractivity contribution is -0.158. The van der Waals surface area contributed by atoms with E-state index in [1.807, 2.05) is 27.0 Å². The molecule has 1 fully saturated rings. The molecule has 1 aliphatic carbocycles. The Balaban J connectivity index is 2.56. The van der Waals surface area contributed by atoms with E-state index in [1.165, 1.54) is 18.2 Å². The zero-order chi connectivity index (χ0) is 15.2. The predicted molar refractivity (Wildman–Crippen MR) is 82.7 cm³/mol. The van der Waals surface area contributed by atoms with Crippen LogP contribution in [0.25, 0.3) is 0 Å². The second-order valence-electron chi connectivity index (χ2n) is 6.38. The summed E-state index contributed by atoms with van der Waals surface area (Å²) in [5, 5.41) is 2.88. The first kappa shape index (κ1) is 17.3. The zero-order valence-electron chi connectivity index (χ0n) is 13.0. The molecular formula is C15H27NO3S. The van der Waals surface area contributed by atoms with Crippen LogP contribution in [0.15, 0.2) is 0 Å². The van der Waals surface area contributed by atoms with Gasteiger partial charge in [0.15, 0.2) is 0 Å². The molecule has 1 rings (SSSR count). The highest BCUT2D eigenvalue weighted by Crippen LogP contribution is 2.24. The molecule has 1 atom stereocenters. The van der Waals surface area contributed by atoms with Gasteiger partial charge in [-0.1, -0.05) is 19.3 Å². The molecule has 4 nitrogen and oxygen atoms in total. The number of rotatable bonds is 5. The van der Waals surface area contributed by atoms with Gasteiger partial charge in [0.2, 0.25) is 5.91 Å². The van der Waals surface area contributed by atoms with Crippen molar-refractivity contribution in [3.8, 4) is 0 Å². The minimum Gasteiger partial charge on any atom is -0.458 e. The number of thioether (sulfide) groups is 1. The SMILES string of the molecule is CSC[C@H](NC(=O)C1CCCCC1)C(=O)OC(C)(C)C. The van der Waals surface area contributed by atoms with Crippen LogP contribution < -0.4 is 5.32 Å². The standard InChI is InChI=1S/C15H27NO3S/c1-15(2,3)19-14(18)12(10-20-4)16-13(17)11-8-6-5-7-9-11/h11-12H,5-10H2,1-4H3,(H,16,17)/t12-/m0/s1. The number of carbonyl (C=O) groups excluding carboxylic acids is 2. The molecule has 0 bridgehead atoms. The minimum atomic E-state index is -0.543. The molecular weight excluding hydrogens is 274 g/mol. The van der Waals surface area contributed by atoms with Gasteiger partial charge in [0.1, 0.15) is 11.6 Å². The van der Waals surface area contributed by atoms with E-state index in [9.17, 15) is 9.59 Å². The van der Waals surface area contributed by atoms with Crippen molar-refractivity contribution in [3.05, 3.63) is 0 Å². The molecule has 5 heteroatoms. The number of amides is 1. The lowest BCUT2D eigenvalue weighted by Gasteiger charge is -2.26. The van der Waals surface area contributed by atoms with Gasteiger partial charge < -0.3 is 10.1 Å². The second kappa shape index (κ2) is 7.91. The van der Waals surface area contributed by atoms with Crippen LogP contribution in [0.1, 0.15) is 52.9 Å². The van der Waals surface area contributed by atoms with E-state index in [-0.39, 0.29) is 17.8 Å². The fraction of sp³-hybridized carbons (Fsp3) is 0.867. The van der Waals surface area contributed by atoms with Gasteiger partial charge in [-0.05, 0) is 39.9 Å². The van der Waals surface area contributed by atoms with Crippen molar-refractivity contribution in [2.75, 3.05) is 12.0 Å². The highest BCUT2D eigenvalue weighted by Gasteiger charge is 2.29. The second-order valence-corrected chi connectivity index (χ2v) is 7.30. The van der Waals surface area contributed by atoms with Gasteiger partial charge in [-0.2, -0.15) is 11.8 Å². The molecule has 0 unspecified atom stereocenters. The maximum absolute atomic E-state index is 12.2. The van der Waals surface area contributed by atoms with Gasteiger partial charge in [0.05, 0.1) is 0 Å². The summed E-state index contributed by atoms with van der Waals surface area (Å²) in [6, 6.07) is -0.543. The average Bonchev–Trinajstić information content (AvgIpc) is 2.37. The minimum absolute atomic E-state index is 0.00890. The van der Waals surface area contributed by atoms with E-state index in [1.54, 1.807) is 0 Å². The molecule has 0 heterocycles. The van der Waals surface area contributed by atoms with Crippen molar-refractivity contribution in [3.63, 3.8) is 0 Å². The summed E-state index contributed by atoms with van der Waals surface area (Å²) < 4.78 is 5.37. The van der Waals surface area contributed by atoms with E-state index < -0.39 is 11.6 Å². The largest absolute Gasteiger partial charge is 0.458 e. The van der Waals surface area contributed by atoms with Crippen molar-refractivity contribution in [2.45, 2.75) is 64.5 Å². The molecule has 1 N–H and O–H groups in total. The Labute approximate surface area is 126 Å². The normalized spacial score (nSPS) is 18.4. The molecule has 20 heavy (non-hydrogen) atoms. The van der Waals surface area contributed by atoms with Crippen LogP contribution in [0.3, 0.4) is 0 Å². The third-order valence-electron chi connectivity index (χ3n) is 3.32. The first-order chi connectivity index (χ1) is 9.33. The van der Waals surface area contributed by atoms with Gasteiger partial charge in [0.25, 0.3) is 0 Å². The number of nitrogens with one attached hydrogen (secondary N) is 1. The maximum Gasteiger partial charge on any atom is 0.330 e. The molecule has 0 radical (unpaired) electrons. The van der Waals surface area contributed by atoms with Gasteiger partial charge in [-0.25, -0.2) is 4.79 Å². The Morgan fingerprint density at radius 1 is 1.25 bits per heavy atom. The van der Waals surface area contributed by atoms with Gasteiger partial charge >= 0.3 is 5.97 Å². The summed E-state index contributed by atoms with van der Waals surface area (Å²) in [6.07, 6.45) is 7.22. The fourth-order valence-corrected chi connectivity index (χ4v) is 2.92. The number of carbonyl (C=O) groups is 2. The number of esters is 1. The van der Waals surface area contributed by atoms with Crippen LogP contribution in [0.2, 0.25) is 0 Å². The van der Waals surface area contributed by atoms with Crippen LogP contribution in [0, 0.1) is 5.92 Å². The number of hydrogen-bond donors (Lipinski definition) is 1. The Morgan fingerprint density at radius 3 is 2.35 bits per heavy atom. The molecule has 1 aliphatic rings. The average molecular weight is 301 g/mol. The molecule has 0 saturated heterocycles. The molecule has 0 aromatic carbocycles. The van der Waals surface area contributed by atoms with E-state index in [0.717, 1.165) is 25.7 Å². The number of hydrogen-bond acceptors (Lipinski definition) is 4. The predicted octanol–water partition coefficient (Wildman–Crippen LogP) is 2.76. The molecule has 1 saturated carbocycles. The van der Waals surface area contributed by atoms with Crippen LogP contribution in [0.5, 0.6) is 0 Å². The summed E-state index contributed by atoms with van der Waals surface area (Å²) in [4.78, 5) is 24.3. The van der Waals surface area contributed by atoms with E-state index in [2.05, 4.69) is 5.32 Å². The lowest BCUT2D eigenvalue weighted by Crippen LogP contribution is -2.47. The van der Waals surface area contributed by atoms with Crippen molar-refractivity contribution >= 4 is 23.6 Å². The van der Waals surface area contributed by atoms with Crippen LogP contribution in [-0.4, -0.2) is 35.5 Å². The monoisotopic (exact) mass is 301 g/mol. The Morgan fingerprint density at radius 2 is 1.85 bits per heavy atom. The first-order valence-corrected chi connectivity index (χ1v) is 8.75. The molecule has 0 aromatic rings. The van der Waals surface area contributed by atoms with Gasteiger partial charge in [-0.3, -0.25) is 4.79 Å². The lowest BCUT2D eigenvalue weighted by atomic mass is 9.88. The van der Waals surface area contributed by atoms with Gasteiger partial charge in [-0.15, -0.1) is 0 Å². The third-order valence-corrected chi connectivity index (χ3v) is 3.98. The zero-order valence-corrected chi connectivity index (χ0v) is 13.8. The Kier molecular flexibility index (Phi) is 6.86. The van der Waals surface area contributed by atoms with E-state index in [0.29, 0.717) is 5.75 Å². The van der Waals surface area contributed by atoms with Gasteiger partial charge in [0, 0.05) is 11.7 Å². The topological polar surface area (TPSA) is 55.4 Å². The summed E-state index contributed by atoms with van der Waals surface area (Å²) in [5.74, 6) is 0.286. The smallest absolute Gasteiger partial charge is 0.330 e. The molecule has 116 valence electrons. The maximum atomic E-state index is 12.2. The summed E-state index contributed by atoms with van der Waals surface area (Å²) >= 11 is 1.54.